The molecule has 0 saturated heterocycles. The first kappa shape index (κ1) is 10.9. The van der Waals surface area contributed by atoms with Crippen molar-refractivity contribution in [3.63, 3.8) is 0 Å². The summed E-state index contributed by atoms with van der Waals surface area (Å²) in [5.74, 6) is 0.690. The number of aliphatic hydroxyl groups is 2. The second-order valence-electron chi connectivity index (χ2n) is 3.64. The van der Waals surface area contributed by atoms with Gasteiger partial charge in [-0.2, -0.15) is 0 Å². The van der Waals surface area contributed by atoms with Crippen LogP contribution < -0.4 is 4.74 Å². The number of benzene rings is 1. The summed E-state index contributed by atoms with van der Waals surface area (Å²) in [6.07, 6.45) is 3.32. The normalized spacial score (nSPS) is 24.1. The molecule has 0 bridgehead atoms. The van der Waals surface area contributed by atoms with Crippen LogP contribution in [0.3, 0.4) is 0 Å². The Morgan fingerprint density at radius 3 is 2.69 bits per heavy atom. The Kier molecular flexibility index (Phi) is 3.08. The zero-order valence-electron chi connectivity index (χ0n) is 9.00. The number of para-hydroxylation sites is 1. The van der Waals surface area contributed by atoms with E-state index in [2.05, 4.69) is 0 Å². The van der Waals surface area contributed by atoms with Crippen molar-refractivity contribution < 1.29 is 14.9 Å². The van der Waals surface area contributed by atoms with Gasteiger partial charge in [0.05, 0.1) is 7.11 Å². The first-order valence-electron chi connectivity index (χ1n) is 5.12. The third kappa shape index (κ3) is 1.87. The average molecular weight is 218 g/mol. The van der Waals surface area contributed by atoms with E-state index in [4.69, 9.17) is 4.74 Å². The lowest BCUT2D eigenvalue weighted by Crippen LogP contribution is -2.27. The highest BCUT2D eigenvalue weighted by atomic mass is 16.5. The highest BCUT2D eigenvalue weighted by Crippen LogP contribution is 2.31. The zero-order chi connectivity index (χ0) is 11.5. The number of methoxy groups -OCH3 is 1. The van der Waals surface area contributed by atoms with Crippen molar-refractivity contribution in [2.45, 2.75) is 12.2 Å². The molecule has 0 spiro atoms. The molecule has 1 aromatic rings. The third-order valence-electron chi connectivity index (χ3n) is 2.64. The van der Waals surface area contributed by atoms with Crippen molar-refractivity contribution in [1.82, 2.24) is 0 Å². The third-order valence-corrected chi connectivity index (χ3v) is 2.64. The van der Waals surface area contributed by atoms with Crippen LogP contribution in [0.5, 0.6) is 5.75 Å². The Balaban J connectivity index is 2.44. The van der Waals surface area contributed by atoms with Gasteiger partial charge in [0, 0.05) is 5.56 Å². The molecular weight excluding hydrogens is 204 g/mol. The average Bonchev–Trinajstić information content (AvgIpc) is 2.33. The molecule has 1 aliphatic carbocycles. The molecule has 84 valence electrons. The van der Waals surface area contributed by atoms with Crippen LogP contribution in [-0.2, 0) is 0 Å². The lowest BCUT2D eigenvalue weighted by molar-refractivity contribution is 0.0858. The molecular formula is C13H14O3. The first-order valence-corrected chi connectivity index (χ1v) is 5.12. The summed E-state index contributed by atoms with van der Waals surface area (Å²) in [6.45, 7) is 0. The highest BCUT2D eigenvalue weighted by Gasteiger charge is 2.23. The van der Waals surface area contributed by atoms with E-state index < -0.39 is 12.2 Å². The van der Waals surface area contributed by atoms with E-state index in [1.54, 1.807) is 25.3 Å². The molecule has 0 fully saturated rings. The molecule has 0 radical (unpaired) electrons. The molecule has 0 amide bonds. The SMILES string of the molecule is COc1ccccc1C1=CC=C[C@H](O)[C@@H]1O. The molecule has 0 aliphatic heterocycles. The molecule has 1 aliphatic rings. The summed E-state index contributed by atoms with van der Waals surface area (Å²) >= 11 is 0. The number of hydrogen-bond donors (Lipinski definition) is 2. The van der Waals surface area contributed by atoms with Crippen LogP contribution in [0.15, 0.2) is 42.5 Å². The maximum absolute atomic E-state index is 9.89. The Morgan fingerprint density at radius 1 is 1.19 bits per heavy atom. The molecule has 16 heavy (non-hydrogen) atoms. The van der Waals surface area contributed by atoms with Crippen LogP contribution in [-0.4, -0.2) is 29.5 Å². The standard InChI is InChI=1S/C13H14O3/c1-16-12-8-3-2-5-9(12)10-6-4-7-11(14)13(10)15/h2-8,11,13-15H,1H3/t11-,13+/m0/s1. The maximum atomic E-state index is 9.89. The van der Waals surface area contributed by atoms with Crippen molar-refractivity contribution in [1.29, 1.82) is 0 Å². The van der Waals surface area contributed by atoms with Crippen molar-refractivity contribution in [2.24, 2.45) is 0 Å². The highest BCUT2D eigenvalue weighted by molar-refractivity contribution is 5.76. The molecule has 0 unspecified atom stereocenters. The van der Waals surface area contributed by atoms with Gasteiger partial charge in [-0.1, -0.05) is 36.4 Å². The molecule has 3 heteroatoms. The van der Waals surface area contributed by atoms with Gasteiger partial charge in [-0.15, -0.1) is 0 Å². The van der Waals surface area contributed by atoms with Crippen molar-refractivity contribution in [2.75, 3.05) is 7.11 Å². The topological polar surface area (TPSA) is 49.7 Å². The fraction of sp³-hybridized carbons (Fsp3) is 0.231. The summed E-state index contributed by atoms with van der Waals surface area (Å²) < 4.78 is 5.22. The predicted octanol–water partition coefficient (Wildman–Crippen LogP) is 1.37. The smallest absolute Gasteiger partial charge is 0.126 e. The van der Waals surface area contributed by atoms with E-state index >= 15 is 0 Å². The first-order chi connectivity index (χ1) is 7.74. The van der Waals surface area contributed by atoms with Crippen LogP contribution in [0.25, 0.3) is 5.57 Å². The van der Waals surface area contributed by atoms with E-state index in [1.807, 2.05) is 24.3 Å². The van der Waals surface area contributed by atoms with E-state index in [-0.39, 0.29) is 0 Å². The van der Waals surface area contributed by atoms with Crippen molar-refractivity contribution >= 4 is 5.57 Å². The lowest BCUT2D eigenvalue weighted by atomic mass is 9.92. The monoisotopic (exact) mass is 218 g/mol. The lowest BCUT2D eigenvalue weighted by Gasteiger charge is -2.22. The zero-order valence-corrected chi connectivity index (χ0v) is 9.00. The van der Waals surface area contributed by atoms with E-state index in [0.29, 0.717) is 11.3 Å². The molecule has 0 heterocycles. The minimum Gasteiger partial charge on any atom is -0.496 e. The minimum atomic E-state index is -0.902. The van der Waals surface area contributed by atoms with Gasteiger partial charge in [-0.3, -0.25) is 0 Å². The van der Waals surface area contributed by atoms with Gasteiger partial charge in [-0.25, -0.2) is 0 Å². The van der Waals surface area contributed by atoms with Crippen LogP contribution in [0.1, 0.15) is 5.56 Å². The summed E-state index contributed by atoms with van der Waals surface area (Å²) in [6, 6.07) is 7.42. The Labute approximate surface area is 94.3 Å². The fourth-order valence-corrected chi connectivity index (χ4v) is 1.79. The fourth-order valence-electron chi connectivity index (χ4n) is 1.79. The van der Waals surface area contributed by atoms with Crippen molar-refractivity contribution in [3.05, 3.63) is 48.1 Å². The summed E-state index contributed by atoms with van der Waals surface area (Å²) in [5, 5.41) is 19.4. The number of ether oxygens (including phenoxy) is 1. The second kappa shape index (κ2) is 4.51. The van der Waals surface area contributed by atoms with Crippen LogP contribution in [0, 0.1) is 0 Å². The molecule has 2 rings (SSSR count). The summed E-state index contributed by atoms with van der Waals surface area (Å²) in [5.41, 5.74) is 1.48. The Hall–Kier alpha value is -1.58. The van der Waals surface area contributed by atoms with E-state index in [1.165, 1.54) is 0 Å². The quantitative estimate of drug-likeness (QED) is 0.788. The number of allylic oxidation sites excluding steroid dienone is 2. The number of rotatable bonds is 2. The Morgan fingerprint density at radius 2 is 1.94 bits per heavy atom. The van der Waals surface area contributed by atoms with Gasteiger partial charge >= 0.3 is 0 Å². The van der Waals surface area contributed by atoms with Gasteiger partial charge in [0.2, 0.25) is 0 Å². The molecule has 2 atom stereocenters. The minimum absolute atomic E-state index is 0.674. The molecule has 0 aromatic heterocycles. The number of hydrogen-bond acceptors (Lipinski definition) is 3. The molecule has 0 saturated carbocycles. The van der Waals surface area contributed by atoms with Crippen LogP contribution >= 0.6 is 0 Å². The molecule has 3 nitrogen and oxygen atoms in total. The van der Waals surface area contributed by atoms with E-state index in [9.17, 15) is 10.2 Å². The molecule has 1 aromatic carbocycles. The van der Waals surface area contributed by atoms with Gasteiger partial charge in [0.25, 0.3) is 0 Å². The van der Waals surface area contributed by atoms with Crippen LogP contribution in [0.2, 0.25) is 0 Å². The van der Waals surface area contributed by atoms with Gasteiger partial charge in [0.1, 0.15) is 18.0 Å². The second-order valence-corrected chi connectivity index (χ2v) is 3.64. The summed E-state index contributed by atoms with van der Waals surface area (Å²) in [7, 11) is 1.58. The molecule has 2 N–H and O–H groups in total. The van der Waals surface area contributed by atoms with Crippen LogP contribution in [0.4, 0.5) is 0 Å². The van der Waals surface area contributed by atoms with Gasteiger partial charge in [0.15, 0.2) is 0 Å². The number of aliphatic hydroxyl groups excluding tert-OH is 2. The largest absolute Gasteiger partial charge is 0.496 e. The van der Waals surface area contributed by atoms with E-state index in [0.717, 1.165) is 5.56 Å². The Bertz CT molecular complexity index is 435. The maximum Gasteiger partial charge on any atom is 0.126 e. The summed E-state index contributed by atoms with van der Waals surface area (Å²) in [4.78, 5) is 0. The van der Waals surface area contributed by atoms with Crippen molar-refractivity contribution in [3.8, 4) is 5.75 Å². The van der Waals surface area contributed by atoms with Gasteiger partial charge < -0.3 is 14.9 Å². The predicted molar refractivity (Wildman–Crippen MR) is 62.1 cm³/mol. The van der Waals surface area contributed by atoms with Gasteiger partial charge in [-0.05, 0) is 11.6 Å².